The van der Waals surface area contributed by atoms with Crippen molar-refractivity contribution in [3.8, 4) is 0 Å². The van der Waals surface area contributed by atoms with Gasteiger partial charge in [-0.15, -0.1) is 0 Å². The lowest BCUT2D eigenvalue weighted by Crippen LogP contribution is -2.48. The molecule has 170 valence electrons. The van der Waals surface area contributed by atoms with E-state index < -0.39 is 0 Å². The predicted molar refractivity (Wildman–Crippen MR) is 131 cm³/mol. The summed E-state index contributed by atoms with van der Waals surface area (Å²) in [4.78, 5) is 20.9. The highest BCUT2D eigenvalue weighted by Crippen LogP contribution is 2.44. The number of likely N-dealkylation sites (tertiary alicyclic amines) is 2. The van der Waals surface area contributed by atoms with Crippen molar-refractivity contribution < 1.29 is 4.79 Å². The van der Waals surface area contributed by atoms with Crippen molar-refractivity contribution in [1.82, 2.24) is 9.80 Å². The number of piperidine rings is 1. The Morgan fingerprint density at radius 2 is 1.66 bits per heavy atom. The summed E-state index contributed by atoms with van der Waals surface area (Å²) in [6, 6.07) is 20.0. The second kappa shape index (κ2) is 9.66. The van der Waals surface area contributed by atoms with Crippen molar-refractivity contribution in [2.45, 2.75) is 56.4 Å². The van der Waals surface area contributed by atoms with Crippen LogP contribution in [0.2, 0.25) is 0 Å². The highest BCUT2D eigenvalue weighted by molar-refractivity contribution is 5.83. The number of para-hydroxylation sites is 1. The monoisotopic (exact) mass is 431 g/mol. The van der Waals surface area contributed by atoms with Crippen molar-refractivity contribution in [2.24, 2.45) is 0 Å². The van der Waals surface area contributed by atoms with Crippen molar-refractivity contribution >= 4 is 11.6 Å². The number of likely N-dealkylation sites (N-methyl/N-ethyl adjacent to an activating group) is 1. The number of nitrogens with zero attached hydrogens (tertiary/aromatic N) is 3. The molecule has 0 radical (unpaired) electrons. The minimum atomic E-state index is -0.0227. The zero-order valence-electron chi connectivity index (χ0n) is 19.5. The van der Waals surface area contributed by atoms with Gasteiger partial charge in [0.25, 0.3) is 0 Å². The molecular formula is C28H37N3O. The third-order valence-corrected chi connectivity index (χ3v) is 8.03. The molecule has 2 saturated heterocycles. The molecule has 1 amide bonds. The first-order valence-corrected chi connectivity index (χ1v) is 12.6. The Balaban J connectivity index is 1.26. The molecule has 3 aliphatic rings. The maximum absolute atomic E-state index is 13.6. The van der Waals surface area contributed by atoms with Gasteiger partial charge in [-0.25, -0.2) is 0 Å². The predicted octanol–water partition coefficient (Wildman–Crippen LogP) is 4.87. The fraction of sp³-hybridized carbons (Fsp3) is 0.536. The Morgan fingerprint density at radius 1 is 0.938 bits per heavy atom. The Bertz CT molecular complexity index is 906. The lowest BCUT2D eigenvalue weighted by atomic mass is 9.87. The summed E-state index contributed by atoms with van der Waals surface area (Å²) in [5.74, 6) is 0.972. The minimum absolute atomic E-state index is 0.0227. The number of carbonyl (C=O) groups is 1. The quantitative estimate of drug-likeness (QED) is 0.676. The zero-order valence-corrected chi connectivity index (χ0v) is 19.5. The van der Waals surface area contributed by atoms with Gasteiger partial charge in [-0.2, -0.15) is 0 Å². The van der Waals surface area contributed by atoms with Crippen LogP contribution in [0.1, 0.15) is 61.5 Å². The number of carbonyl (C=O) groups excluding carboxylic acids is 1. The molecule has 0 spiro atoms. The molecule has 2 fully saturated rings. The van der Waals surface area contributed by atoms with Gasteiger partial charge in [-0.3, -0.25) is 4.79 Å². The van der Waals surface area contributed by atoms with Crippen LogP contribution in [0.3, 0.4) is 0 Å². The van der Waals surface area contributed by atoms with Crippen molar-refractivity contribution in [1.29, 1.82) is 0 Å². The number of rotatable bonds is 5. The van der Waals surface area contributed by atoms with E-state index >= 15 is 0 Å². The summed E-state index contributed by atoms with van der Waals surface area (Å²) < 4.78 is 0. The molecule has 0 aromatic heterocycles. The number of benzene rings is 2. The lowest BCUT2D eigenvalue weighted by Gasteiger charge is -2.39. The van der Waals surface area contributed by atoms with E-state index in [0.717, 1.165) is 52.0 Å². The van der Waals surface area contributed by atoms with Gasteiger partial charge >= 0.3 is 0 Å². The van der Waals surface area contributed by atoms with Crippen molar-refractivity contribution in [2.75, 3.05) is 44.7 Å². The van der Waals surface area contributed by atoms with E-state index in [2.05, 4.69) is 76.3 Å². The van der Waals surface area contributed by atoms with Crippen LogP contribution in [0, 0.1) is 0 Å². The van der Waals surface area contributed by atoms with Gasteiger partial charge in [0.15, 0.2) is 0 Å². The molecule has 32 heavy (non-hydrogen) atoms. The summed E-state index contributed by atoms with van der Waals surface area (Å²) in [6.07, 6.45) is 6.93. The number of hydrogen-bond donors (Lipinski definition) is 0. The van der Waals surface area contributed by atoms with E-state index in [1.54, 1.807) is 0 Å². The summed E-state index contributed by atoms with van der Waals surface area (Å²) in [7, 11) is 2.25. The molecule has 0 bridgehead atoms. The molecule has 3 unspecified atom stereocenters. The van der Waals surface area contributed by atoms with Crippen LogP contribution in [0.5, 0.6) is 0 Å². The molecule has 4 heteroatoms. The van der Waals surface area contributed by atoms with Crippen LogP contribution in [0.25, 0.3) is 0 Å². The van der Waals surface area contributed by atoms with Crippen LogP contribution in [0.15, 0.2) is 54.6 Å². The third kappa shape index (κ3) is 4.30. The molecule has 0 N–H and O–H groups in total. The lowest BCUT2D eigenvalue weighted by molar-refractivity contribution is -0.133. The number of hydrogen-bond acceptors (Lipinski definition) is 3. The maximum Gasteiger partial charge on any atom is 0.230 e. The first-order valence-electron chi connectivity index (χ1n) is 12.6. The molecule has 3 atom stereocenters. The van der Waals surface area contributed by atoms with Crippen LogP contribution in [-0.2, 0) is 4.79 Å². The fourth-order valence-corrected chi connectivity index (χ4v) is 6.20. The van der Waals surface area contributed by atoms with Crippen molar-refractivity contribution in [3.63, 3.8) is 0 Å². The molecular weight excluding hydrogens is 394 g/mol. The van der Waals surface area contributed by atoms with Crippen LogP contribution >= 0.6 is 0 Å². The summed E-state index contributed by atoms with van der Waals surface area (Å²) in [5, 5.41) is 0. The van der Waals surface area contributed by atoms with Crippen LogP contribution in [0.4, 0.5) is 5.69 Å². The molecule has 2 aromatic rings. The SMILES string of the molecule is CN1c2ccccc2C2CCN(CCC(C(=O)N3CCCCCC3)c3ccccc3)CC21. The first kappa shape index (κ1) is 21.5. The Hall–Kier alpha value is -2.33. The Labute approximate surface area is 193 Å². The second-order valence-corrected chi connectivity index (χ2v) is 9.92. The van der Waals surface area contributed by atoms with Gasteiger partial charge in [0.1, 0.15) is 0 Å². The molecule has 5 rings (SSSR count). The molecule has 3 heterocycles. The average Bonchev–Trinajstić information content (AvgIpc) is 3.00. The minimum Gasteiger partial charge on any atom is -0.369 e. The van der Waals surface area contributed by atoms with E-state index in [0.29, 0.717) is 17.9 Å². The topological polar surface area (TPSA) is 26.8 Å². The number of anilines is 1. The van der Waals surface area contributed by atoms with E-state index in [1.807, 2.05) is 0 Å². The smallest absolute Gasteiger partial charge is 0.230 e. The highest BCUT2D eigenvalue weighted by Gasteiger charge is 2.40. The van der Waals surface area contributed by atoms with Gasteiger partial charge in [-0.1, -0.05) is 61.4 Å². The number of fused-ring (bicyclic) bond motifs is 3. The average molecular weight is 432 g/mol. The van der Waals surface area contributed by atoms with Gasteiger partial charge < -0.3 is 14.7 Å². The van der Waals surface area contributed by atoms with Gasteiger partial charge in [0.2, 0.25) is 5.91 Å². The molecule has 2 aromatic carbocycles. The van der Waals surface area contributed by atoms with E-state index in [4.69, 9.17) is 0 Å². The fourth-order valence-electron chi connectivity index (χ4n) is 6.20. The highest BCUT2D eigenvalue weighted by atomic mass is 16.2. The standard InChI is InChI=1S/C28H37N3O/c1-29-26-14-8-7-13-24(26)25-16-20-30(21-27(25)29)19-15-23(22-11-5-4-6-12-22)28(32)31-17-9-2-3-10-18-31/h4-8,11-14,23,25,27H,2-3,9-10,15-21H2,1H3. The Morgan fingerprint density at radius 3 is 2.44 bits per heavy atom. The number of amides is 1. The molecule has 3 aliphatic heterocycles. The molecule has 4 nitrogen and oxygen atoms in total. The largest absolute Gasteiger partial charge is 0.369 e. The van der Waals surface area contributed by atoms with Gasteiger partial charge in [0, 0.05) is 44.3 Å². The van der Waals surface area contributed by atoms with Crippen LogP contribution < -0.4 is 4.90 Å². The van der Waals surface area contributed by atoms with E-state index in [-0.39, 0.29) is 5.92 Å². The summed E-state index contributed by atoms with van der Waals surface area (Å²) in [6.45, 7) is 5.07. The van der Waals surface area contributed by atoms with E-state index in [1.165, 1.54) is 36.1 Å². The normalized spacial score (nSPS) is 24.5. The molecule has 0 aliphatic carbocycles. The molecule has 0 saturated carbocycles. The van der Waals surface area contributed by atoms with Crippen molar-refractivity contribution in [3.05, 3.63) is 65.7 Å². The van der Waals surface area contributed by atoms with E-state index in [9.17, 15) is 4.79 Å². The summed E-state index contributed by atoms with van der Waals surface area (Å²) in [5.41, 5.74) is 4.11. The first-order chi connectivity index (χ1) is 15.7. The maximum atomic E-state index is 13.6. The van der Waals surface area contributed by atoms with Gasteiger partial charge in [-0.05, 0) is 56.0 Å². The van der Waals surface area contributed by atoms with Crippen LogP contribution in [-0.4, -0.2) is 61.5 Å². The third-order valence-electron chi connectivity index (χ3n) is 8.03. The second-order valence-electron chi connectivity index (χ2n) is 9.92. The zero-order chi connectivity index (χ0) is 21.9. The van der Waals surface area contributed by atoms with Gasteiger partial charge in [0.05, 0.1) is 5.92 Å². The summed E-state index contributed by atoms with van der Waals surface area (Å²) >= 11 is 0. The Kier molecular flexibility index (Phi) is 6.49.